The van der Waals surface area contributed by atoms with Gasteiger partial charge in [0.2, 0.25) is 0 Å². The Bertz CT molecular complexity index is 1150. The zero-order valence-electron chi connectivity index (χ0n) is 17.7. The third kappa shape index (κ3) is 4.84. The average Bonchev–Trinajstić information content (AvgIpc) is 2.83. The second kappa shape index (κ2) is 10.1. The summed E-state index contributed by atoms with van der Waals surface area (Å²) in [4.78, 5) is 12.0. The number of carbonyl (C=O) groups is 1. The van der Waals surface area contributed by atoms with Gasteiger partial charge in [-0.2, -0.15) is 0 Å². The molecule has 0 amide bonds. The maximum absolute atomic E-state index is 12.0. The minimum absolute atomic E-state index is 0.430. The van der Waals surface area contributed by atoms with Crippen LogP contribution in [0.25, 0.3) is 10.8 Å². The largest absolute Gasteiger partial charge is 0.488 e. The monoisotopic (exact) mass is 410 g/mol. The first-order valence-electron chi connectivity index (χ1n) is 10.6. The van der Waals surface area contributed by atoms with E-state index in [9.17, 15) is 4.79 Å². The van der Waals surface area contributed by atoms with Crippen molar-refractivity contribution in [3.63, 3.8) is 0 Å². The van der Waals surface area contributed by atoms with Gasteiger partial charge in [0.15, 0.2) is 6.29 Å². The highest BCUT2D eigenvalue weighted by Crippen LogP contribution is 2.32. The summed E-state index contributed by atoms with van der Waals surface area (Å²) in [6, 6.07) is 28.2. The molecule has 3 nitrogen and oxygen atoms in total. The first-order chi connectivity index (χ1) is 15.3. The van der Waals surface area contributed by atoms with Gasteiger partial charge in [-0.05, 0) is 45.5 Å². The van der Waals surface area contributed by atoms with Crippen molar-refractivity contribution in [1.82, 2.24) is 0 Å². The van der Waals surface area contributed by atoms with Crippen molar-refractivity contribution < 1.29 is 14.3 Å². The molecule has 4 aromatic rings. The van der Waals surface area contributed by atoms with Crippen LogP contribution >= 0.6 is 0 Å². The van der Waals surface area contributed by atoms with Gasteiger partial charge in [-0.1, -0.05) is 85.8 Å². The van der Waals surface area contributed by atoms with E-state index < -0.39 is 0 Å². The second-order valence-corrected chi connectivity index (χ2v) is 7.50. The summed E-state index contributed by atoms with van der Waals surface area (Å²) < 4.78 is 12.0. The van der Waals surface area contributed by atoms with Crippen LogP contribution in [0.3, 0.4) is 0 Å². The maximum atomic E-state index is 12.0. The van der Waals surface area contributed by atoms with E-state index in [1.165, 1.54) is 5.56 Å². The number of ether oxygens (including phenoxy) is 2. The topological polar surface area (TPSA) is 35.5 Å². The molecule has 0 spiro atoms. The van der Waals surface area contributed by atoms with Gasteiger partial charge in [0.1, 0.15) is 12.4 Å². The number of hydrogen-bond donors (Lipinski definition) is 0. The van der Waals surface area contributed by atoms with Gasteiger partial charge >= 0.3 is 0 Å². The Morgan fingerprint density at radius 3 is 2.00 bits per heavy atom. The molecule has 0 heterocycles. The van der Waals surface area contributed by atoms with Gasteiger partial charge in [-0.25, -0.2) is 0 Å². The van der Waals surface area contributed by atoms with Gasteiger partial charge in [0, 0.05) is 0 Å². The van der Waals surface area contributed by atoms with Gasteiger partial charge < -0.3 is 9.47 Å². The van der Waals surface area contributed by atoms with E-state index >= 15 is 0 Å². The van der Waals surface area contributed by atoms with Crippen LogP contribution in [-0.4, -0.2) is 6.29 Å². The summed E-state index contributed by atoms with van der Waals surface area (Å²) >= 11 is 0. The van der Waals surface area contributed by atoms with E-state index in [0.29, 0.717) is 31.1 Å². The standard InChI is InChI=1S/C28H26O3/c1-2-24-23(20-30-18-21-9-5-3-6-10-21)13-14-26-25(24)15-16-28(27(26)17-29)31-19-22-11-7-4-8-12-22/h3-17H,2,18-20H2,1H3. The van der Waals surface area contributed by atoms with E-state index in [1.807, 2.05) is 60.7 Å². The third-order valence-electron chi connectivity index (χ3n) is 5.49. The SMILES string of the molecule is CCc1c(COCc2ccccc2)ccc2c(C=O)c(OCc3ccccc3)ccc12. The average molecular weight is 411 g/mol. The first-order valence-corrected chi connectivity index (χ1v) is 10.6. The van der Waals surface area contributed by atoms with Crippen LogP contribution in [0.1, 0.15) is 39.5 Å². The molecule has 0 bridgehead atoms. The van der Waals surface area contributed by atoms with Crippen LogP contribution in [0.15, 0.2) is 84.9 Å². The fourth-order valence-corrected chi connectivity index (χ4v) is 3.91. The molecule has 156 valence electrons. The van der Waals surface area contributed by atoms with Crippen molar-refractivity contribution in [3.05, 3.63) is 113 Å². The highest BCUT2D eigenvalue weighted by molar-refractivity contribution is 6.02. The van der Waals surface area contributed by atoms with E-state index in [2.05, 4.69) is 31.2 Å². The van der Waals surface area contributed by atoms with Gasteiger partial charge in [-0.15, -0.1) is 0 Å². The third-order valence-corrected chi connectivity index (χ3v) is 5.49. The number of fused-ring (bicyclic) bond motifs is 1. The van der Waals surface area contributed by atoms with Crippen LogP contribution in [-0.2, 0) is 31.0 Å². The lowest BCUT2D eigenvalue weighted by atomic mass is 9.94. The molecule has 0 aromatic heterocycles. The molecule has 0 fully saturated rings. The molecule has 0 aliphatic rings. The Morgan fingerprint density at radius 1 is 0.710 bits per heavy atom. The minimum atomic E-state index is 0.430. The summed E-state index contributed by atoms with van der Waals surface area (Å²) in [6.07, 6.45) is 1.76. The number of aldehydes is 1. The van der Waals surface area contributed by atoms with Crippen LogP contribution in [0, 0.1) is 0 Å². The van der Waals surface area contributed by atoms with Gasteiger partial charge in [0.25, 0.3) is 0 Å². The summed E-state index contributed by atoms with van der Waals surface area (Å²) in [5.41, 5.74) is 5.19. The zero-order chi connectivity index (χ0) is 21.5. The molecular formula is C28H26O3. The molecule has 0 unspecified atom stereocenters. The van der Waals surface area contributed by atoms with Crippen molar-refractivity contribution in [1.29, 1.82) is 0 Å². The molecule has 0 saturated heterocycles. The van der Waals surface area contributed by atoms with Crippen molar-refractivity contribution in [2.24, 2.45) is 0 Å². The Labute approximate surface area is 183 Å². The molecule has 0 radical (unpaired) electrons. The Hall–Kier alpha value is -3.43. The Balaban J connectivity index is 1.57. The van der Waals surface area contributed by atoms with Crippen LogP contribution in [0.4, 0.5) is 0 Å². The molecule has 0 atom stereocenters. The quantitative estimate of drug-likeness (QED) is 0.295. The molecule has 0 aliphatic carbocycles. The number of hydrogen-bond acceptors (Lipinski definition) is 3. The normalized spacial score (nSPS) is 10.9. The first kappa shape index (κ1) is 20.8. The van der Waals surface area contributed by atoms with Crippen molar-refractivity contribution >= 4 is 17.1 Å². The number of benzene rings is 4. The molecule has 4 rings (SSSR count). The van der Waals surface area contributed by atoms with Crippen molar-refractivity contribution in [2.45, 2.75) is 33.2 Å². The second-order valence-electron chi connectivity index (χ2n) is 7.50. The molecular weight excluding hydrogens is 384 g/mol. The van der Waals surface area contributed by atoms with E-state index in [1.54, 1.807) is 0 Å². The van der Waals surface area contributed by atoms with E-state index in [-0.39, 0.29) is 0 Å². The molecule has 0 aliphatic heterocycles. The maximum Gasteiger partial charge on any atom is 0.154 e. The Morgan fingerprint density at radius 2 is 1.35 bits per heavy atom. The lowest BCUT2D eigenvalue weighted by Gasteiger charge is -2.16. The summed E-state index contributed by atoms with van der Waals surface area (Å²) in [7, 11) is 0. The highest BCUT2D eigenvalue weighted by Gasteiger charge is 2.13. The molecule has 3 heteroatoms. The number of carbonyl (C=O) groups excluding carboxylic acids is 1. The molecule has 0 saturated carbocycles. The van der Waals surface area contributed by atoms with Crippen molar-refractivity contribution in [3.8, 4) is 5.75 Å². The summed E-state index contributed by atoms with van der Waals surface area (Å²) in [6.45, 7) is 3.68. The number of aryl methyl sites for hydroxylation is 1. The predicted octanol–water partition coefficient (Wildman–Crippen LogP) is 6.51. The fraction of sp³-hybridized carbons (Fsp3) is 0.179. The minimum Gasteiger partial charge on any atom is -0.488 e. The van der Waals surface area contributed by atoms with E-state index in [0.717, 1.165) is 40.2 Å². The Kier molecular flexibility index (Phi) is 6.75. The highest BCUT2D eigenvalue weighted by atomic mass is 16.5. The summed E-state index contributed by atoms with van der Waals surface area (Å²) in [5, 5.41) is 2.00. The van der Waals surface area contributed by atoms with Gasteiger partial charge in [-0.3, -0.25) is 4.79 Å². The van der Waals surface area contributed by atoms with Crippen LogP contribution in [0.5, 0.6) is 5.75 Å². The predicted molar refractivity (Wildman–Crippen MR) is 124 cm³/mol. The van der Waals surface area contributed by atoms with Crippen LogP contribution < -0.4 is 4.74 Å². The van der Waals surface area contributed by atoms with Gasteiger partial charge in [0.05, 0.1) is 18.8 Å². The fourth-order valence-electron chi connectivity index (χ4n) is 3.91. The van der Waals surface area contributed by atoms with E-state index in [4.69, 9.17) is 9.47 Å². The lowest BCUT2D eigenvalue weighted by molar-refractivity contribution is 0.107. The molecule has 0 N–H and O–H groups in total. The zero-order valence-corrected chi connectivity index (χ0v) is 17.7. The summed E-state index contributed by atoms with van der Waals surface area (Å²) in [5.74, 6) is 0.612. The molecule has 31 heavy (non-hydrogen) atoms. The smallest absolute Gasteiger partial charge is 0.154 e. The van der Waals surface area contributed by atoms with Crippen LogP contribution in [0.2, 0.25) is 0 Å². The molecule has 4 aromatic carbocycles. The lowest BCUT2D eigenvalue weighted by Crippen LogP contribution is -2.02. The van der Waals surface area contributed by atoms with Crippen molar-refractivity contribution in [2.75, 3.05) is 0 Å². The number of rotatable bonds is 9.